The quantitative estimate of drug-likeness (QED) is 0.677. The first kappa shape index (κ1) is 14.3. The van der Waals surface area contributed by atoms with E-state index < -0.39 is 0 Å². The highest BCUT2D eigenvalue weighted by Gasteiger charge is 2.11. The van der Waals surface area contributed by atoms with Crippen molar-refractivity contribution >= 4 is 50.1 Å². The second-order valence-corrected chi connectivity index (χ2v) is 6.62. The highest BCUT2D eigenvalue weighted by Crippen LogP contribution is 2.25. The maximum atomic E-state index is 6.28. The lowest BCUT2D eigenvalue weighted by Gasteiger charge is -2.14. The fraction of sp³-hybridized carbons (Fsp3) is 0.143. The first-order valence-corrected chi connectivity index (χ1v) is 7.76. The van der Waals surface area contributed by atoms with E-state index in [0.717, 1.165) is 15.9 Å². The molecule has 1 atom stereocenters. The van der Waals surface area contributed by atoms with E-state index in [1.54, 1.807) is 0 Å². The third kappa shape index (κ3) is 3.70. The lowest BCUT2D eigenvalue weighted by Crippen LogP contribution is -2.14. The van der Waals surface area contributed by atoms with Crippen LogP contribution >= 0.6 is 50.1 Å². The summed E-state index contributed by atoms with van der Waals surface area (Å²) in [6.07, 6.45) is 0.809. The molecule has 4 heteroatoms. The van der Waals surface area contributed by atoms with Crippen molar-refractivity contribution in [3.05, 3.63) is 66.7 Å². The molecule has 94 valence electrons. The van der Waals surface area contributed by atoms with Crippen molar-refractivity contribution in [2.45, 2.75) is 12.5 Å². The summed E-state index contributed by atoms with van der Waals surface area (Å²) in [5, 5.41) is 0.754. The van der Waals surface area contributed by atoms with E-state index in [4.69, 9.17) is 17.3 Å². The average Bonchev–Trinajstić information content (AvgIpc) is 2.35. The van der Waals surface area contributed by atoms with E-state index in [-0.39, 0.29) is 6.04 Å². The van der Waals surface area contributed by atoms with Gasteiger partial charge in [0.2, 0.25) is 0 Å². The Bertz CT molecular complexity index is 542. The summed E-state index contributed by atoms with van der Waals surface area (Å²) in [7, 11) is 0. The van der Waals surface area contributed by atoms with Crippen LogP contribution in [0.15, 0.2) is 46.9 Å². The van der Waals surface area contributed by atoms with Gasteiger partial charge in [-0.05, 0) is 70.5 Å². The van der Waals surface area contributed by atoms with E-state index >= 15 is 0 Å². The van der Waals surface area contributed by atoms with Gasteiger partial charge in [0.1, 0.15) is 0 Å². The molecule has 0 aromatic heterocycles. The zero-order valence-corrected chi connectivity index (χ0v) is 14.0. The summed E-state index contributed by atoms with van der Waals surface area (Å²) in [5.74, 6) is 0. The number of rotatable bonds is 3. The molecular formula is C14H12BrClIN. The van der Waals surface area contributed by atoms with Gasteiger partial charge in [-0.2, -0.15) is 0 Å². The van der Waals surface area contributed by atoms with Gasteiger partial charge in [0.25, 0.3) is 0 Å². The highest BCUT2D eigenvalue weighted by molar-refractivity contribution is 14.1. The normalized spacial score (nSPS) is 12.4. The maximum Gasteiger partial charge on any atom is 0.0406 e. The molecular weight excluding hydrogens is 424 g/mol. The molecule has 2 rings (SSSR count). The topological polar surface area (TPSA) is 26.0 Å². The summed E-state index contributed by atoms with van der Waals surface area (Å²) in [6, 6.07) is 14.0. The molecule has 0 saturated carbocycles. The monoisotopic (exact) mass is 435 g/mol. The molecule has 0 fully saturated rings. The predicted octanol–water partition coefficient (Wildman–Crippen LogP) is 4.95. The Morgan fingerprint density at radius 3 is 2.50 bits per heavy atom. The second-order valence-electron chi connectivity index (χ2n) is 4.10. The Balaban J connectivity index is 2.18. The smallest absolute Gasteiger partial charge is 0.0406 e. The van der Waals surface area contributed by atoms with E-state index in [1.807, 2.05) is 30.3 Å². The molecule has 2 aromatic carbocycles. The Morgan fingerprint density at radius 2 is 1.83 bits per heavy atom. The Kier molecular flexibility index (Phi) is 5.06. The maximum absolute atomic E-state index is 6.28. The van der Waals surface area contributed by atoms with Gasteiger partial charge in [0.05, 0.1) is 0 Å². The molecule has 0 saturated heterocycles. The third-order valence-electron chi connectivity index (χ3n) is 2.73. The second kappa shape index (κ2) is 6.37. The van der Waals surface area contributed by atoms with Gasteiger partial charge in [-0.25, -0.2) is 0 Å². The van der Waals surface area contributed by atoms with Crippen LogP contribution in [0.4, 0.5) is 0 Å². The third-order valence-corrected chi connectivity index (χ3v) is 4.45. The number of hydrogen-bond donors (Lipinski definition) is 1. The molecule has 1 nitrogen and oxygen atoms in total. The van der Waals surface area contributed by atoms with Gasteiger partial charge in [0.15, 0.2) is 0 Å². The van der Waals surface area contributed by atoms with Crippen molar-refractivity contribution in [2.24, 2.45) is 5.73 Å². The van der Waals surface area contributed by atoms with E-state index in [9.17, 15) is 0 Å². The van der Waals surface area contributed by atoms with Crippen molar-refractivity contribution in [3.63, 3.8) is 0 Å². The fourth-order valence-electron chi connectivity index (χ4n) is 1.78. The van der Waals surface area contributed by atoms with E-state index in [1.165, 1.54) is 14.7 Å². The lowest BCUT2D eigenvalue weighted by atomic mass is 10.00. The molecule has 2 aromatic rings. The van der Waals surface area contributed by atoms with Crippen LogP contribution in [-0.2, 0) is 6.42 Å². The van der Waals surface area contributed by atoms with Gasteiger partial charge in [-0.15, -0.1) is 0 Å². The molecule has 0 bridgehead atoms. The van der Waals surface area contributed by atoms with Crippen LogP contribution < -0.4 is 5.73 Å². The van der Waals surface area contributed by atoms with Crippen LogP contribution in [0.2, 0.25) is 5.02 Å². The molecule has 0 spiro atoms. The first-order chi connectivity index (χ1) is 8.56. The largest absolute Gasteiger partial charge is 0.324 e. The molecule has 0 aliphatic heterocycles. The summed E-state index contributed by atoms with van der Waals surface area (Å²) >= 11 is 11.7. The molecule has 0 radical (unpaired) electrons. The van der Waals surface area contributed by atoms with Crippen molar-refractivity contribution in [1.82, 2.24) is 0 Å². The summed E-state index contributed by atoms with van der Waals surface area (Å²) in [6.45, 7) is 0. The minimum Gasteiger partial charge on any atom is -0.324 e. The molecule has 0 amide bonds. The Hall–Kier alpha value is -0.100. The Labute approximate surface area is 134 Å². The van der Waals surface area contributed by atoms with Gasteiger partial charge >= 0.3 is 0 Å². The first-order valence-electron chi connectivity index (χ1n) is 5.51. The zero-order chi connectivity index (χ0) is 13.1. The molecule has 1 unspecified atom stereocenters. The van der Waals surface area contributed by atoms with Crippen LogP contribution in [0, 0.1) is 3.57 Å². The minimum atomic E-state index is -0.00410. The van der Waals surface area contributed by atoms with Crippen molar-refractivity contribution < 1.29 is 0 Å². The number of nitrogens with two attached hydrogens (primary N) is 1. The van der Waals surface area contributed by atoms with Crippen LogP contribution in [0.5, 0.6) is 0 Å². The predicted molar refractivity (Wildman–Crippen MR) is 88.9 cm³/mol. The molecule has 0 aliphatic rings. The van der Waals surface area contributed by atoms with Crippen molar-refractivity contribution in [3.8, 4) is 0 Å². The number of benzene rings is 2. The van der Waals surface area contributed by atoms with Gasteiger partial charge in [0, 0.05) is 19.1 Å². The van der Waals surface area contributed by atoms with Crippen molar-refractivity contribution in [1.29, 1.82) is 0 Å². The van der Waals surface area contributed by atoms with Crippen LogP contribution in [0.1, 0.15) is 17.2 Å². The van der Waals surface area contributed by atoms with Gasteiger partial charge in [-0.3, -0.25) is 0 Å². The van der Waals surface area contributed by atoms with Crippen LogP contribution in [-0.4, -0.2) is 0 Å². The number of hydrogen-bond acceptors (Lipinski definition) is 1. The van der Waals surface area contributed by atoms with E-state index in [0.29, 0.717) is 0 Å². The highest BCUT2D eigenvalue weighted by atomic mass is 127. The Morgan fingerprint density at radius 1 is 1.17 bits per heavy atom. The van der Waals surface area contributed by atoms with Crippen molar-refractivity contribution in [2.75, 3.05) is 0 Å². The zero-order valence-electron chi connectivity index (χ0n) is 9.54. The standard InChI is InChI=1S/C14H12BrClIN/c15-10-3-6-13(17)12(8-10)14(18)7-9-1-4-11(16)5-2-9/h1-6,8,14H,7,18H2. The van der Waals surface area contributed by atoms with Gasteiger partial charge < -0.3 is 5.73 Å². The summed E-state index contributed by atoms with van der Waals surface area (Å²) < 4.78 is 2.25. The minimum absolute atomic E-state index is 0.00410. The van der Waals surface area contributed by atoms with Gasteiger partial charge in [-0.1, -0.05) is 39.7 Å². The van der Waals surface area contributed by atoms with Crippen LogP contribution in [0.3, 0.4) is 0 Å². The lowest BCUT2D eigenvalue weighted by molar-refractivity contribution is 0.717. The summed E-state index contributed by atoms with van der Waals surface area (Å²) in [4.78, 5) is 0. The van der Waals surface area contributed by atoms with Crippen LogP contribution in [0.25, 0.3) is 0 Å². The molecule has 18 heavy (non-hydrogen) atoms. The fourth-order valence-corrected chi connectivity index (χ4v) is 3.02. The molecule has 0 heterocycles. The molecule has 0 aliphatic carbocycles. The SMILES string of the molecule is NC(Cc1ccc(Cl)cc1)c1cc(Br)ccc1I. The average molecular weight is 437 g/mol. The summed E-state index contributed by atoms with van der Waals surface area (Å²) in [5.41, 5.74) is 8.64. The molecule has 2 N–H and O–H groups in total. The number of halogens is 3. The van der Waals surface area contributed by atoms with E-state index in [2.05, 4.69) is 50.7 Å².